The van der Waals surface area contributed by atoms with E-state index in [0.29, 0.717) is 13.2 Å². The van der Waals surface area contributed by atoms with Crippen LogP contribution < -0.4 is 5.32 Å². The molecule has 0 aliphatic carbocycles. The van der Waals surface area contributed by atoms with Gasteiger partial charge in [0.1, 0.15) is 0 Å². The lowest BCUT2D eigenvalue weighted by Gasteiger charge is -2.27. The summed E-state index contributed by atoms with van der Waals surface area (Å²) >= 11 is 0. The second-order valence-electron chi connectivity index (χ2n) is 5.15. The first-order valence-corrected chi connectivity index (χ1v) is 6.57. The second-order valence-corrected chi connectivity index (χ2v) is 5.15. The largest absolute Gasteiger partial charge is 0.396 e. The predicted octanol–water partition coefficient (Wildman–Crippen LogP) is 2.20. The van der Waals surface area contributed by atoms with Gasteiger partial charge in [-0.3, -0.25) is 0 Å². The van der Waals surface area contributed by atoms with E-state index in [0.717, 1.165) is 19.4 Å². The smallest absolute Gasteiger partial charge is 0.0717 e. The zero-order valence-corrected chi connectivity index (χ0v) is 11.5. The molecule has 1 aromatic carbocycles. The average Bonchev–Trinajstić information content (AvgIpc) is 2.40. The van der Waals surface area contributed by atoms with Crippen LogP contribution in [0.3, 0.4) is 0 Å². The monoisotopic (exact) mass is 251 g/mol. The first-order valence-electron chi connectivity index (χ1n) is 6.57. The number of benzene rings is 1. The number of hydrogen-bond donors (Lipinski definition) is 2. The third-order valence-electron chi connectivity index (χ3n) is 3.15. The fraction of sp³-hybridized carbons (Fsp3) is 0.600. The lowest BCUT2D eigenvalue weighted by Crippen LogP contribution is -2.28. The van der Waals surface area contributed by atoms with Gasteiger partial charge in [0, 0.05) is 5.41 Å². The molecule has 1 aromatic rings. The highest BCUT2D eigenvalue weighted by Gasteiger charge is 2.23. The third kappa shape index (κ3) is 5.63. The Morgan fingerprint density at radius 3 is 2.61 bits per heavy atom. The Bertz CT molecular complexity index is 316. The molecule has 0 heterocycles. The zero-order chi connectivity index (χ0) is 13.3. The Morgan fingerprint density at radius 2 is 2.00 bits per heavy atom. The highest BCUT2D eigenvalue weighted by atomic mass is 16.5. The molecule has 3 nitrogen and oxygen atoms in total. The minimum absolute atomic E-state index is 0.133. The molecule has 0 spiro atoms. The molecule has 1 atom stereocenters. The molecule has 0 saturated heterocycles. The van der Waals surface area contributed by atoms with Gasteiger partial charge >= 0.3 is 0 Å². The van der Waals surface area contributed by atoms with E-state index in [1.807, 2.05) is 25.2 Å². The highest BCUT2D eigenvalue weighted by Crippen LogP contribution is 2.23. The summed E-state index contributed by atoms with van der Waals surface area (Å²) in [6, 6.07) is 10.1. The van der Waals surface area contributed by atoms with Crippen molar-refractivity contribution in [2.45, 2.75) is 26.4 Å². The molecule has 102 valence electrons. The Kier molecular flexibility index (Phi) is 6.94. The van der Waals surface area contributed by atoms with Crippen molar-refractivity contribution >= 4 is 0 Å². The summed E-state index contributed by atoms with van der Waals surface area (Å²) in [4.78, 5) is 0. The third-order valence-corrected chi connectivity index (χ3v) is 3.15. The Labute approximate surface area is 110 Å². The number of rotatable bonds is 9. The van der Waals surface area contributed by atoms with E-state index in [4.69, 9.17) is 4.74 Å². The summed E-state index contributed by atoms with van der Waals surface area (Å²) in [6.07, 6.45) is 2.03. The van der Waals surface area contributed by atoms with E-state index in [2.05, 4.69) is 24.4 Å². The van der Waals surface area contributed by atoms with Crippen LogP contribution in [0.15, 0.2) is 30.3 Å². The molecule has 3 heteroatoms. The first kappa shape index (κ1) is 15.2. The minimum Gasteiger partial charge on any atom is -0.396 e. The van der Waals surface area contributed by atoms with Gasteiger partial charge in [0.25, 0.3) is 0 Å². The molecule has 0 saturated carbocycles. The van der Waals surface area contributed by atoms with Gasteiger partial charge < -0.3 is 15.2 Å². The number of ether oxygens (including phenoxy) is 1. The summed E-state index contributed by atoms with van der Waals surface area (Å²) in [5.41, 5.74) is 1.04. The molecule has 1 unspecified atom stereocenters. The summed E-state index contributed by atoms with van der Waals surface area (Å²) in [5.74, 6) is 0. The molecule has 0 aliphatic rings. The lowest BCUT2D eigenvalue weighted by molar-refractivity contribution is 0.00366. The van der Waals surface area contributed by atoms with Crippen LogP contribution >= 0.6 is 0 Å². The van der Waals surface area contributed by atoms with Crippen LogP contribution in [0, 0.1) is 5.41 Å². The summed E-state index contributed by atoms with van der Waals surface area (Å²) < 4.78 is 5.73. The number of aliphatic hydroxyl groups excluding tert-OH is 1. The van der Waals surface area contributed by atoms with E-state index in [-0.39, 0.29) is 12.0 Å². The summed E-state index contributed by atoms with van der Waals surface area (Å²) in [7, 11) is 1.95. The molecule has 18 heavy (non-hydrogen) atoms. The first-order chi connectivity index (χ1) is 8.70. The van der Waals surface area contributed by atoms with Crippen molar-refractivity contribution in [3.63, 3.8) is 0 Å². The topological polar surface area (TPSA) is 41.5 Å². The average molecular weight is 251 g/mol. The molecule has 0 bridgehead atoms. The van der Waals surface area contributed by atoms with Crippen LogP contribution in [0.2, 0.25) is 0 Å². The van der Waals surface area contributed by atoms with Crippen LogP contribution in [0.1, 0.15) is 25.3 Å². The van der Waals surface area contributed by atoms with Gasteiger partial charge in [-0.25, -0.2) is 0 Å². The van der Waals surface area contributed by atoms with Gasteiger partial charge in [0.05, 0.1) is 19.8 Å². The zero-order valence-electron chi connectivity index (χ0n) is 11.5. The van der Waals surface area contributed by atoms with Crippen LogP contribution in [0.5, 0.6) is 0 Å². The Balaban J connectivity index is 2.30. The van der Waals surface area contributed by atoms with Gasteiger partial charge in [0.2, 0.25) is 0 Å². The quantitative estimate of drug-likeness (QED) is 0.661. The fourth-order valence-corrected chi connectivity index (χ4v) is 1.88. The van der Waals surface area contributed by atoms with Crippen molar-refractivity contribution in [2.24, 2.45) is 5.41 Å². The normalized spacial score (nSPS) is 14.4. The maximum Gasteiger partial charge on any atom is 0.0717 e. The van der Waals surface area contributed by atoms with Crippen molar-refractivity contribution in [1.82, 2.24) is 5.32 Å². The maximum absolute atomic E-state index is 9.48. The van der Waals surface area contributed by atoms with E-state index in [1.165, 1.54) is 5.56 Å². The van der Waals surface area contributed by atoms with Crippen LogP contribution in [0.25, 0.3) is 0 Å². The van der Waals surface area contributed by atoms with Crippen molar-refractivity contribution in [2.75, 3.05) is 26.8 Å². The standard InChI is InChI=1S/C15H25NO2/c1-15(12-17,9-6-10-16-2)13-18-11-14-7-4-3-5-8-14/h3-5,7-8,16-17H,6,9-13H2,1-2H3. The predicted molar refractivity (Wildman–Crippen MR) is 74.5 cm³/mol. The van der Waals surface area contributed by atoms with Crippen molar-refractivity contribution in [1.29, 1.82) is 0 Å². The van der Waals surface area contributed by atoms with Gasteiger partial charge in [-0.2, -0.15) is 0 Å². The van der Waals surface area contributed by atoms with Gasteiger partial charge in [0.15, 0.2) is 0 Å². The molecule has 0 fully saturated rings. The van der Waals surface area contributed by atoms with E-state index >= 15 is 0 Å². The SMILES string of the molecule is CNCCCC(C)(CO)COCc1ccccc1. The fourth-order valence-electron chi connectivity index (χ4n) is 1.88. The van der Waals surface area contributed by atoms with Crippen molar-refractivity contribution in [3.8, 4) is 0 Å². The molecular weight excluding hydrogens is 226 g/mol. The molecule has 0 aliphatic heterocycles. The van der Waals surface area contributed by atoms with Crippen LogP contribution in [0.4, 0.5) is 0 Å². The summed E-state index contributed by atoms with van der Waals surface area (Å²) in [5, 5.41) is 12.6. The molecule has 0 radical (unpaired) electrons. The minimum atomic E-state index is -0.133. The Hall–Kier alpha value is -0.900. The molecule has 2 N–H and O–H groups in total. The maximum atomic E-state index is 9.48. The highest BCUT2D eigenvalue weighted by molar-refractivity contribution is 5.13. The number of nitrogens with one attached hydrogen (secondary N) is 1. The van der Waals surface area contributed by atoms with E-state index in [9.17, 15) is 5.11 Å². The molecule has 1 rings (SSSR count). The van der Waals surface area contributed by atoms with Gasteiger partial charge in [-0.15, -0.1) is 0 Å². The lowest BCUT2D eigenvalue weighted by atomic mass is 9.87. The van der Waals surface area contributed by atoms with E-state index < -0.39 is 0 Å². The second kappa shape index (κ2) is 8.25. The molecule has 0 aromatic heterocycles. The number of aliphatic hydroxyl groups is 1. The van der Waals surface area contributed by atoms with Crippen LogP contribution in [-0.2, 0) is 11.3 Å². The van der Waals surface area contributed by atoms with Crippen molar-refractivity contribution in [3.05, 3.63) is 35.9 Å². The molecular formula is C15H25NO2. The van der Waals surface area contributed by atoms with Crippen LogP contribution in [-0.4, -0.2) is 31.9 Å². The van der Waals surface area contributed by atoms with Gasteiger partial charge in [-0.05, 0) is 32.0 Å². The van der Waals surface area contributed by atoms with Gasteiger partial charge in [-0.1, -0.05) is 37.3 Å². The molecule has 0 amide bonds. The van der Waals surface area contributed by atoms with Crippen molar-refractivity contribution < 1.29 is 9.84 Å². The van der Waals surface area contributed by atoms with E-state index in [1.54, 1.807) is 0 Å². The Morgan fingerprint density at radius 1 is 1.28 bits per heavy atom. The summed E-state index contributed by atoms with van der Waals surface area (Å²) in [6.45, 7) is 4.44. The number of hydrogen-bond acceptors (Lipinski definition) is 3.